The molecule has 148 valence electrons. The molecular weight excluding hydrogens is 370 g/mol. The minimum absolute atomic E-state index is 0.00394. The first-order chi connectivity index (χ1) is 14.0. The number of hydrogen-bond acceptors (Lipinski definition) is 4. The van der Waals surface area contributed by atoms with Crippen molar-refractivity contribution in [3.8, 4) is 11.4 Å². The van der Waals surface area contributed by atoms with Crippen LogP contribution in [0.15, 0.2) is 42.7 Å². The topological polar surface area (TPSA) is 99.8 Å². The predicted molar refractivity (Wildman–Crippen MR) is 107 cm³/mol. The van der Waals surface area contributed by atoms with Gasteiger partial charge in [-0.1, -0.05) is 6.07 Å². The summed E-state index contributed by atoms with van der Waals surface area (Å²) in [5.74, 6) is -0.355. The second-order valence-electron chi connectivity index (χ2n) is 7.88. The third kappa shape index (κ3) is 2.66. The van der Waals surface area contributed by atoms with Gasteiger partial charge in [0.25, 0.3) is 0 Å². The van der Waals surface area contributed by atoms with Crippen LogP contribution < -0.4 is 5.32 Å². The maximum Gasteiger partial charge on any atom is 0.329 e. The number of anilines is 1. The van der Waals surface area contributed by atoms with Crippen molar-refractivity contribution in [2.24, 2.45) is 0 Å². The lowest BCUT2D eigenvalue weighted by Crippen LogP contribution is -2.74. The first kappa shape index (κ1) is 17.7. The maximum atomic E-state index is 12.9. The summed E-state index contributed by atoms with van der Waals surface area (Å²) in [7, 11) is 0. The Bertz CT molecular complexity index is 1140. The van der Waals surface area contributed by atoms with Crippen LogP contribution in [0.25, 0.3) is 16.9 Å². The van der Waals surface area contributed by atoms with E-state index in [-0.39, 0.29) is 12.1 Å². The van der Waals surface area contributed by atoms with Crippen molar-refractivity contribution >= 4 is 23.2 Å². The number of carbonyl (C=O) groups excluding carboxylic acids is 1. The van der Waals surface area contributed by atoms with E-state index >= 15 is 0 Å². The number of rotatable bonds is 3. The molecular formula is C21H21N5O3. The third-order valence-corrected chi connectivity index (χ3v) is 6.15. The summed E-state index contributed by atoms with van der Waals surface area (Å²) >= 11 is 0. The number of amides is 2. The second kappa shape index (κ2) is 6.30. The van der Waals surface area contributed by atoms with Crippen LogP contribution in [0.2, 0.25) is 0 Å². The molecule has 1 aromatic carbocycles. The zero-order valence-corrected chi connectivity index (χ0v) is 16.0. The molecule has 0 spiro atoms. The van der Waals surface area contributed by atoms with Crippen molar-refractivity contribution in [3.05, 3.63) is 48.3 Å². The number of piperidine rings is 1. The quantitative estimate of drug-likeness (QED) is 0.713. The number of benzene rings is 1. The van der Waals surface area contributed by atoms with Gasteiger partial charge in [-0.05, 0) is 56.0 Å². The molecule has 2 saturated heterocycles. The molecule has 0 radical (unpaired) electrons. The van der Waals surface area contributed by atoms with E-state index in [2.05, 4.69) is 15.4 Å². The molecule has 2 bridgehead atoms. The fourth-order valence-corrected chi connectivity index (χ4v) is 4.64. The van der Waals surface area contributed by atoms with Gasteiger partial charge in [0.2, 0.25) is 0 Å². The third-order valence-electron chi connectivity index (χ3n) is 6.15. The number of carbonyl (C=O) groups is 2. The van der Waals surface area contributed by atoms with Crippen LogP contribution in [0.3, 0.4) is 0 Å². The average Bonchev–Trinajstić information content (AvgIpc) is 3.17. The van der Waals surface area contributed by atoms with Gasteiger partial charge in [0.05, 0.1) is 11.7 Å². The largest absolute Gasteiger partial charge is 0.479 e. The average molecular weight is 391 g/mol. The lowest BCUT2D eigenvalue weighted by molar-refractivity contribution is -0.169. The SMILES string of the molecule is Cc1ccc(NC(=O)N2C3CCCC2(C(=O)O)C3)cc1-c1ncc2cccn2n1. The molecule has 8 heteroatoms. The minimum Gasteiger partial charge on any atom is -0.479 e. The molecule has 2 aliphatic rings. The van der Waals surface area contributed by atoms with Crippen LogP contribution in [0.4, 0.5) is 10.5 Å². The van der Waals surface area contributed by atoms with E-state index in [0.29, 0.717) is 24.4 Å². The highest BCUT2D eigenvalue weighted by Crippen LogP contribution is 2.47. The number of aromatic nitrogens is 3. The van der Waals surface area contributed by atoms with E-state index in [0.717, 1.165) is 29.5 Å². The summed E-state index contributed by atoms with van der Waals surface area (Å²) in [5.41, 5.74) is 2.24. The number of aryl methyl sites for hydroxylation is 1. The lowest BCUT2D eigenvalue weighted by atomic mass is 9.68. The Kier molecular flexibility index (Phi) is 3.84. The van der Waals surface area contributed by atoms with E-state index in [4.69, 9.17) is 0 Å². The Morgan fingerprint density at radius 2 is 2.17 bits per heavy atom. The first-order valence-electron chi connectivity index (χ1n) is 9.73. The summed E-state index contributed by atoms with van der Waals surface area (Å²) < 4.78 is 1.75. The smallest absolute Gasteiger partial charge is 0.329 e. The van der Waals surface area contributed by atoms with Crippen molar-refractivity contribution < 1.29 is 14.7 Å². The zero-order valence-electron chi connectivity index (χ0n) is 16.0. The fraction of sp³-hybridized carbons (Fsp3) is 0.333. The first-order valence-corrected chi connectivity index (χ1v) is 9.73. The van der Waals surface area contributed by atoms with Gasteiger partial charge in [-0.15, -0.1) is 5.10 Å². The van der Waals surface area contributed by atoms with Crippen LogP contribution in [0, 0.1) is 6.92 Å². The molecule has 2 N–H and O–H groups in total. The number of nitrogens with one attached hydrogen (secondary N) is 1. The van der Waals surface area contributed by atoms with Gasteiger partial charge in [0, 0.05) is 29.9 Å². The van der Waals surface area contributed by atoms with Crippen molar-refractivity contribution in [1.82, 2.24) is 19.5 Å². The second-order valence-corrected chi connectivity index (χ2v) is 7.88. The van der Waals surface area contributed by atoms with Crippen molar-refractivity contribution in [2.75, 3.05) is 5.32 Å². The molecule has 2 unspecified atom stereocenters. The number of urea groups is 1. The molecule has 2 aromatic heterocycles. The number of carboxylic acids is 1. The Balaban J connectivity index is 1.43. The molecule has 4 heterocycles. The molecule has 3 aromatic rings. The standard InChI is InChI=1S/C21H21N5O3/c1-13-6-7-14(10-17(13)18-22-12-16-5-3-9-25(16)24-18)23-20(29)26-15-4-2-8-21(26,11-15)19(27)28/h3,5-7,9-10,12,15H,2,4,8,11H2,1H3,(H,23,29)(H,27,28). The highest BCUT2D eigenvalue weighted by molar-refractivity contribution is 5.96. The normalized spacial score (nSPS) is 22.9. The Labute approximate surface area is 167 Å². The molecule has 2 aliphatic heterocycles. The van der Waals surface area contributed by atoms with Crippen LogP contribution >= 0.6 is 0 Å². The number of fused-ring (bicyclic) bond motifs is 3. The van der Waals surface area contributed by atoms with Crippen molar-refractivity contribution in [2.45, 2.75) is 44.2 Å². The summed E-state index contributed by atoms with van der Waals surface area (Å²) in [4.78, 5) is 30.7. The highest BCUT2D eigenvalue weighted by Gasteiger charge is 2.61. The zero-order chi connectivity index (χ0) is 20.2. The van der Waals surface area contributed by atoms with E-state index < -0.39 is 11.5 Å². The van der Waals surface area contributed by atoms with Crippen LogP contribution in [-0.2, 0) is 4.79 Å². The molecule has 2 fully saturated rings. The van der Waals surface area contributed by atoms with Gasteiger partial charge in [-0.3, -0.25) is 0 Å². The Morgan fingerprint density at radius 1 is 1.31 bits per heavy atom. The van der Waals surface area contributed by atoms with Gasteiger partial charge >= 0.3 is 12.0 Å². The molecule has 0 aliphatic carbocycles. The van der Waals surface area contributed by atoms with E-state index in [9.17, 15) is 14.7 Å². The Hall–Kier alpha value is -3.42. The van der Waals surface area contributed by atoms with Crippen LogP contribution in [0.1, 0.15) is 31.2 Å². The predicted octanol–water partition coefficient (Wildman–Crippen LogP) is 3.32. The molecule has 29 heavy (non-hydrogen) atoms. The number of carboxylic acid groups (broad SMARTS) is 1. The monoisotopic (exact) mass is 391 g/mol. The fourth-order valence-electron chi connectivity index (χ4n) is 4.64. The van der Waals surface area contributed by atoms with E-state index in [1.54, 1.807) is 10.7 Å². The molecule has 2 amide bonds. The van der Waals surface area contributed by atoms with Gasteiger partial charge in [-0.2, -0.15) is 0 Å². The van der Waals surface area contributed by atoms with Gasteiger partial charge in [0.15, 0.2) is 5.82 Å². The number of aliphatic carboxylic acids is 1. The van der Waals surface area contributed by atoms with Gasteiger partial charge in [0.1, 0.15) is 5.54 Å². The number of hydrogen-bond donors (Lipinski definition) is 2. The summed E-state index contributed by atoms with van der Waals surface area (Å²) in [6.45, 7) is 1.96. The van der Waals surface area contributed by atoms with Gasteiger partial charge < -0.3 is 15.3 Å². The highest BCUT2D eigenvalue weighted by atomic mass is 16.4. The van der Waals surface area contributed by atoms with Crippen molar-refractivity contribution in [1.29, 1.82) is 0 Å². The van der Waals surface area contributed by atoms with E-state index in [1.165, 1.54) is 4.90 Å². The molecule has 0 saturated carbocycles. The van der Waals surface area contributed by atoms with Crippen LogP contribution in [0.5, 0.6) is 0 Å². The van der Waals surface area contributed by atoms with Crippen LogP contribution in [-0.4, -0.2) is 48.2 Å². The maximum absolute atomic E-state index is 12.9. The summed E-state index contributed by atoms with van der Waals surface area (Å²) in [6.07, 6.45) is 6.36. The summed E-state index contributed by atoms with van der Waals surface area (Å²) in [5, 5.41) is 17.1. The van der Waals surface area contributed by atoms with Crippen molar-refractivity contribution in [3.63, 3.8) is 0 Å². The minimum atomic E-state index is -1.05. The Morgan fingerprint density at radius 3 is 2.97 bits per heavy atom. The molecule has 8 nitrogen and oxygen atoms in total. The lowest BCUT2D eigenvalue weighted by Gasteiger charge is -2.59. The molecule has 2 atom stereocenters. The molecule has 5 rings (SSSR count). The number of nitrogens with zero attached hydrogens (tertiary/aromatic N) is 4. The summed E-state index contributed by atoms with van der Waals surface area (Å²) in [6, 6.07) is 9.02. The van der Waals surface area contributed by atoms with E-state index in [1.807, 2.05) is 43.5 Å². The van der Waals surface area contributed by atoms with Gasteiger partial charge in [-0.25, -0.2) is 19.1 Å².